The van der Waals surface area contributed by atoms with E-state index in [2.05, 4.69) is 50.4 Å². The van der Waals surface area contributed by atoms with E-state index in [4.69, 9.17) is 9.47 Å². The van der Waals surface area contributed by atoms with Crippen molar-refractivity contribution in [2.45, 2.75) is 45.9 Å². The predicted molar refractivity (Wildman–Crippen MR) is 79.2 cm³/mol. The van der Waals surface area contributed by atoms with E-state index in [0.29, 0.717) is 6.61 Å². The molecule has 1 rings (SSSR count). The Morgan fingerprint density at radius 1 is 1.16 bits per heavy atom. The van der Waals surface area contributed by atoms with E-state index in [1.165, 1.54) is 11.1 Å². The van der Waals surface area contributed by atoms with Crippen LogP contribution in [0.5, 0.6) is 0 Å². The highest BCUT2D eigenvalue weighted by atomic mass is 16.5. The van der Waals surface area contributed by atoms with Gasteiger partial charge in [0.05, 0.1) is 12.2 Å². The van der Waals surface area contributed by atoms with Crippen molar-refractivity contribution in [1.82, 2.24) is 5.32 Å². The molecule has 0 aliphatic rings. The molecule has 0 saturated heterocycles. The minimum atomic E-state index is -0.108. The first-order valence-electron chi connectivity index (χ1n) is 6.99. The van der Waals surface area contributed by atoms with Crippen molar-refractivity contribution in [3.05, 3.63) is 35.4 Å². The highest BCUT2D eigenvalue weighted by molar-refractivity contribution is 5.26. The van der Waals surface area contributed by atoms with Gasteiger partial charge in [-0.2, -0.15) is 0 Å². The van der Waals surface area contributed by atoms with Gasteiger partial charge in [-0.05, 0) is 37.9 Å². The third-order valence-electron chi connectivity index (χ3n) is 3.34. The lowest BCUT2D eigenvalue weighted by Crippen LogP contribution is -2.24. The molecule has 3 nitrogen and oxygen atoms in total. The predicted octanol–water partition coefficient (Wildman–Crippen LogP) is 3.13. The molecule has 0 saturated carbocycles. The summed E-state index contributed by atoms with van der Waals surface area (Å²) in [7, 11) is 1.74. The molecule has 0 aliphatic heterocycles. The second-order valence-electron chi connectivity index (χ2n) is 5.32. The summed E-state index contributed by atoms with van der Waals surface area (Å²) in [5, 5.41) is 3.35. The highest BCUT2D eigenvalue weighted by Crippen LogP contribution is 2.14. The van der Waals surface area contributed by atoms with Crippen LogP contribution in [0, 0.1) is 0 Å². The molecular formula is C16H27NO2. The Morgan fingerprint density at radius 2 is 1.84 bits per heavy atom. The highest BCUT2D eigenvalue weighted by Gasteiger charge is 2.15. The molecule has 3 heteroatoms. The van der Waals surface area contributed by atoms with Gasteiger partial charge in [0.15, 0.2) is 0 Å². The molecule has 0 unspecified atom stereocenters. The molecule has 0 spiro atoms. The maximum absolute atomic E-state index is 5.77. The zero-order valence-corrected chi connectivity index (χ0v) is 12.7. The minimum Gasteiger partial charge on any atom is -0.379 e. The molecule has 1 N–H and O–H groups in total. The largest absolute Gasteiger partial charge is 0.379 e. The van der Waals surface area contributed by atoms with Crippen molar-refractivity contribution < 1.29 is 9.47 Å². The summed E-state index contributed by atoms with van der Waals surface area (Å²) in [5.41, 5.74) is 2.47. The van der Waals surface area contributed by atoms with E-state index < -0.39 is 0 Å². The monoisotopic (exact) mass is 265 g/mol. The number of rotatable bonds is 9. The maximum Gasteiger partial charge on any atom is 0.0720 e. The summed E-state index contributed by atoms with van der Waals surface area (Å²) in [6.07, 6.45) is 0.902. The molecular weight excluding hydrogens is 238 g/mol. The normalized spacial score (nSPS) is 11.8. The molecule has 0 amide bonds. The molecule has 0 heterocycles. The third kappa shape index (κ3) is 6.19. The van der Waals surface area contributed by atoms with E-state index in [1.54, 1.807) is 7.11 Å². The van der Waals surface area contributed by atoms with Crippen LogP contribution in [0.25, 0.3) is 0 Å². The summed E-state index contributed by atoms with van der Waals surface area (Å²) in [4.78, 5) is 0. The van der Waals surface area contributed by atoms with E-state index in [-0.39, 0.29) is 5.60 Å². The van der Waals surface area contributed by atoms with E-state index in [9.17, 15) is 0 Å². The van der Waals surface area contributed by atoms with E-state index in [1.807, 2.05) is 0 Å². The fourth-order valence-corrected chi connectivity index (χ4v) is 1.73. The average Bonchev–Trinajstić information content (AvgIpc) is 2.42. The van der Waals surface area contributed by atoms with Crippen LogP contribution in [0.4, 0.5) is 0 Å². The summed E-state index contributed by atoms with van der Waals surface area (Å²) >= 11 is 0. The third-order valence-corrected chi connectivity index (χ3v) is 3.34. The van der Waals surface area contributed by atoms with Gasteiger partial charge >= 0.3 is 0 Å². The standard InChI is InChI=1S/C16H27NO2/c1-5-17-12-14-8-6-7-9-15(14)13-19-11-10-16(2,3)18-4/h6-9,17H,5,10-13H2,1-4H3. The molecule has 108 valence electrons. The van der Waals surface area contributed by atoms with Crippen LogP contribution in [-0.2, 0) is 22.6 Å². The molecule has 1 aromatic carbocycles. The molecule has 19 heavy (non-hydrogen) atoms. The van der Waals surface area contributed by atoms with Crippen molar-refractivity contribution >= 4 is 0 Å². The van der Waals surface area contributed by atoms with Crippen LogP contribution < -0.4 is 5.32 Å². The molecule has 0 fully saturated rings. The second kappa shape index (κ2) is 8.31. The van der Waals surface area contributed by atoms with E-state index >= 15 is 0 Å². The second-order valence-corrected chi connectivity index (χ2v) is 5.32. The lowest BCUT2D eigenvalue weighted by Gasteiger charge is -2.22. The topological polar surface area (TPSA) is 30.5 Å². The maximum atomic E-state index is 5.77. The van der Waals surface area contributed by atoms with Gasteiger partial charge in [-0.1, -0.05) is 31.2 Å². The SMILES string of the molecule is CCNCc1ccccc1COCCC(C)(C)OC. The Bertz CT molecular complexity index is 364. The summed E-state index contributed by atoms with van der Waals surface area (Å²) in [5.74, 6) is 0. The first kappa shape index (κ1) is 16.2. The number of benzene rings is 1. The zero-order chi connectivity index (χ0) is 14.1. The lowest BCUT2D eigenvalue weighted by atomic mass is 10.1. The van der Waals surface area contributed by atoms with Crippen molar-refractivity contribution in [3.63, 3.8) is 0 Å². The first-order chi connectivity index (χ1) is 9.09. The van der Waals surface area contributed by atoms with Crippen LogP contribution >= 0.6 is 0 Å². The average molecular weight is 265 g/mol. The smallest absolute Gasteiger partial charge is 0.0720 e. The Hall–Kier alpha value is -0.900. The van der Waals surface area contributed by atoms with Gasteiger partial charge in [-0.25, -0.2) is 0 Å². The Kier molecular flexibility index (Phi) is 7.06. The van der Waals surface area contributed by atoms with Gasteiger partial charge < -0.3 is 14.8 Å². The summed E-state index contributed by atoms with van der Waals surface area (Å²) in [6, 6.07) is 8.42. The Balaban J connectivity index is 2.40. The Morgan fingerprint density at radius 3 is 2.47 bits per heavy atom. The number of ether oxygens (including phenoxy) is 2. The van der Waals surface area contributed by atoms with Crippen molar-refractivity contribution in [2.75, 3.05) is 20.3 Å². The van der Waals surface area contributed by atoms with Crippen LogP contribution in [0.1, 0.15) is 38.3 Å². The molecule has 0 aromatic heterocycles. The van der Waals surface area contributed by atoms with Gasteiger partial charge in [0.25, 0.3) is 0 Å². The van der Waals surface area contributed by atoms with Crippen LogP contribution in [0.3, 0.4) is 0 Å². The van der Waals surface area contributed by atoms with Gasteiger partial charge in [-0.15, -0.1) is 0 Å². The molecule has 1 aromatic rings. The lowest BCUT2D eigenvalue weighted by molar-refractivity contribution is -0.0125. The fraction of sp³-hybridized carbons (Fsp3) is 0.625. The molecule has 0 aliphatic carbocycles. The van der Waals surface area contributed by atoms with Gasteiger partial charge in [0.2, 0.25) is 0 Å². The van der Waals surface area contributed by atoms with Gasteiger partial charge in [0.1, 0.15) is 0 Å². The van der Waals surface area contributed by atoms with Crippen molar-refractivity contribution in [1.29, 1.82) is 0 Å². The quantitative estimate of drug-likeness (QED) is 0.696. The fourth-order valence-electron chi connectivity index (χ4n) is 1.73. The van der Waals surface area contributed by atoms with Crippen molar-refractivity contribution in [2.24, 2.45) is 0 Å². The number of hydrogen-bond donors (Lipinski definition) is 1. The summed E-state index contributed by atoms with van der Waals surface area (Å²) in [6.45, 7) is 9.55. The summed E-state index contributed by atoms with van der Waals surface area (Å²) < 4.78 is 11.1. The zero-order valence-electron chi connectivity index (χ0n) is 12.7. The number of methoxy groups -OCH3 is 1. The molecule has 0 radical (unpaired) electrons. The van der Waals surface area contributed by atoms with Gasteiger partial charge in [-0.3, -0.25) is 0 Å². The van der Waals surface area contributed by atoms with Crippen LogP contribution in [0.2, 0.25) is 0 Å². The minimum absolute atomic E-state index is 0.108. The van der Waals surface area contributed by atoms with Gasteiger partial charge in [0, 0.05) is 20.3 Å². The number of hydrogen-bond acceptors (Lipinski definition) is 3. The molecule has 0 bridgehead atoms. The Labute approximate surface area is 117 Å². The van der Waals surface area contributed by atoms with Crippen LogP contribution in [0.15, 0.2) is 24.3 Å². The van der Waals surface area contributed by atoms with E-state index in [0.717, 1.165) is 26.1 Å². The van der Waals surface area contributed by atoms with Crippen molar-refractivity contribution in [3.8, 4) is 0 Å². The molecule has 0 atom stereocenters. The first-order valence-corrected chi connectivity index (χ1v) is 6.99. The number of nitrogens with one attached hydrogen (secondary N) is 1. The van der Waals surface area contributed by atoms with Crippen LogP contribution in [-0.4, -0.2) is 25.9 Å².